The zero-order valence-electron chi connectivity index (χ0n) is 9.03. The smallest absolute Gasteiger partial charge is 0.180 e. The van der Waals surface area contributed by atoms with Crippen molar-refractivity contribution in [1.29, 1.82) is 0 Å². The van der Waals surface area contributed by atoms with Gasteiger partial charge in [0, 0.05) is 0 Å². The largest absolute Gasteiger partial charge is 0.388 e. The molecule has 1 fully saturated rings. The van der Waals surface area contributed by atoms with Crippen LogP contribution in [0.2, 0.25) is 0 Å². The maximum Gasteiger partial charge on any atom is 0.180 e. The van der Waals surface area contributed by atoms with Gasteiger partial charge in [0.25, 0.3) is 0 Å². The molecule has 0 aromatic carbocycles. The third-order valence-corrected chi connectivity index (χ3v) is 2.29. The second-order valence-electron chi connectivity index (χ2n) is 3.57. The van der Waals surface area contributed by atoms with Crippen molar-refractivity contribution in [3.63, 3.8) is 0 Å². The van der Waals surface area contributed by atoms with Crippen molar-refractivity contribution in [2.75, 3.05) is 13.2 Å². The van der Waals surface area contributed by atoms with Gasteiger partial charge in [-0.1, -0.05) is 26.3 Å². The number of aliphatic hydroxyl groups is 1. The summed E-state index contributed by atoms with van der Waals surface area (Å²) >= 11 is 0. The van der Waals surface area contributed by atoms with Crippen molar-refractivity contribution in [1.82, 2.24) is 0 Å². The third-order valence-electron chi connectivity index (χ3n) is 2.29. The standard InChI is InChI=1S/C11H20O3/c1-3-5-6-9(4-2)11-13-7-10(12)8-14-11/h6,10-12H,3-5,7-8H2,1-2H3/b9-6-. The summed E-state index contributed by atoms with van der Waals surface area (Å²) in [5, 5.41) is 9.19. The number of unbranched alkanes of at least 4 members (excludes halogenated alkanes) is 1. The Bertz CT molecular complexity index is 181. The van der Waals surface area contributed by atoms with Gasteiger partial charge in [-0.3, -0.25) is 0 Å². The van der Waals surface area contributed by atoms with E-state index in [0.717, 1.165) is 19.3 Å². The first-order valence-corrected chi connectivity index (χ1v) is 5.38. The van der Waals surface area contributed by atoms with Gasteiger partial charge in [0.05, 0.1) is 13.2 Å². The van der Waals surface area contributed by atoms with Gasteiger partial charge in [0.15, 0.2) is 6.29 Å². The molecule has 3 nitrogen and oxygen atoms in total. The van der Waals surface area contributed by atoms with Crippen molar-refractivity contribution in [3.05, 3.63) is 11.6 Å². The molecule has 1 saturated heterocycles. The number of allylic oxidation sites excluding steroid dienone is 1. The number of hydrogen-bond acceptors (Lipinski definition) is 3. The molecule has 0 radical (unpaired) electrons. The first-order valence-electron chi connectivity index (χ1n) is 5.38. The highest BCUT2D eigenvalue weighted by Gasteiger charge is 2.22. The molecule has 0 saturated carbocycles. The van der Waals surface area contributed by atoms with Gasteiger partial charge in [-0.15, -0.1) is 0 Å². The summed E-state index contributed by atoms with van der Waals surface area (Å²) < 4.78 is 10.8. The molecular weight excluding hydrogens is 180 g/mol. The molecule has 1 heterocycles. The fourth-order valence-corrected chi connectivity index (χ4v) is 1.44. The summed E-state index contributed by atoms with van der Waals surface area (Å²) in [5.41, 5.74) is 1.19. The molecule has 0 spiro atoms. The minimum Gasteiger partial charge on any atom is -0.388 e. The molecule has 0 atom stereocenters. The molecule has 1 N–H and O–H groups in total. The van der Waals surface area contributed by atoms with Crippen LogP contribution in [0.25, 0.3) is 0 Å². The Hall–Kier alpha value is -0.380. The lowest BCUT2D eigenvalue weighted by atomic mass is 10.1. The van der Waals surface area contributed by atoms with Crippen LogP contribution < -0.4 is 0 Å². The Balaban J connectivity index is 2.44. The van der Waals surface area contributed by atoms with Crippen LogP contribution in [0.4, 0.5) is 0 Å². The predicted octanol–water partition coefficient (Wildman–Crippen LogP) is 1.86. The molecule has 1 rings (SSSR count). The van der Waals surface area contributed by atoms with E-state index < -0.39 is 6.10 Å². The molecule has 14 heavy (non-hydrogen) atoms. The first-order chi connectivity index (χ1) is 6.77. The summed E-state index contributed by atoms with van der Waals surface area (Å²) in [4.78, 5) is 0. The van der Waals surface area contributed by atoms with Crippen molar-refractivity contribution >= 4 is 0 Å². The Kier molecular flexibility index (Phi) is 5.15. The molecule has 0 bridgehead atoms. The highest BCUT2D eigenvalue weighted by molar-refractivity contribution is 5.05. The van der Waals surface area contributed by atoms with Crippen molar-refractivity contribution in [3.8, 4) is 0 Å². The topological polar surface area (TPSA) is 38.7 Å². The van der Waals surface area contributed by atoms with E-state index in [1.165, 1.54) is 5.57 Å². The fraction of sp³-hybridized carbons (Fsp3) is 0.818. The van der Waals surface area contributed by atoms with Crippen LogP contribution in [-0.2, 0) is 9.47 Å². The van der Waals surface area contributed by atoms with Crippen molar-refractivity contribution in [2.45, 2.75) is 45.5 Å². The molecule has 1 aliphatic rings. The summed E-state index contributed by atoms with van der Waals surface area (Å²) in [6.07, 6.45) is 4.64. The summed E-state index contributed by atoms with van der Waals surface area (Å²) in [6.45, 7) is 5.01. The lowest BCUT2D eigenvalue weighted by molar-refractivity contribution is -0.199. The van der Waals surface area contributed by atoms with Crippen molar-refractivity contribution in [2.24, 2.45) is 0 Å². The van der Waals surface area contributed by atoms with Crippen LogP contribution in [0.15, 0.2) is 11.6 Å². The van der Waals surface area contributed by atoms with E-state index in [0.29, 0.717) is 13.2 Å². The molecule has 0 aromatic heterocycles. The third kappa shape index (κ3) is 3.40. The minimum absolute atomic E-state index is 0.227. The van der Waals surface area contributed by atoms with Crippen LogP contribution in [0.3, 0.4) is 0 Å². The van der Waals surface area contributed by atoms with Gasteiger partial charge in [0.1, 0.15) is 6.10 Å². The van der Waals surface area contributed by atoms with E-state index in [2.05, 4.69) is 19.9 Å². The van der Waals surface area contributed by atoms with E-state index in [-0.39, 0.29) is 6.29 Å². The van der Waals surface area contributed by atoms with E-state index >= 15 is 0 Å². The maximum atomic E-state index is 9.19. The minimum atomic E-state index is -0.462. The quantitative estimate of drug-likeness (QED) is 0.704. The molecule has 3 heteroatoms. The molecule has 0 aromatic rings. The van der Waals surface area contributed by atoms with Gasteiger partial charge < -0.3 is 14.6 Å². The average Bonchev–Trinajstić information content (AvgIpc) is 2.21. The van der Waals surface area contributed by atoms with Gasteiger partial charge in [-0.05, 0) is 18.4 Å². The Morgan fingerprint density at radius 3 is 2.50 bits per heavy atom. The van der Waals surface area contributed by atoms with Crippen LogP contribution in [-0.4, -0.2) is 30.7 Å². The summed E-state index contributed by atoms with van der Waals surface area (Å²) in [7, 11) is 0. The molecule has 1 aliphatic heterocycles. The number of ether oxygens (including phenoxy) is 2. The van der Waals surface area contributed by atoms with Crippen molar-refractivity contribution < 1.29 is 14.6 Å². The maximum absolute atomic E-state index is 9.19. The highest BCUT2D eigenvalue weighted by atomic mass is 16.7. The number of hydrogen-bond donors (Lipinski definition) is 1. The van der Waals surface area contributed by atoms with Crippen LogP contribution in [0, 0.1) is 0 Å². The molecule has 82 valence electrons. The van der Waals surface area contributed by atoms with E-state index in [1.807, 2.05) is 0 Å². The fourth-order valence-electron chi connectivity index (χ4n) is 1.44. The second kappa shape index (κ2) is 6.17. The Morgan fingerprint density at radius 1 is 1.36 bits per heavy atom. The monoisotopic (exact) mass is 200 g/mol. The van der Waals surface area contributed by atoms with E-state index in [1.54, 1.807) is 0 Å². The summed E-state index contributed by atoms with van der Waals surface area (Å²) in [5.74, 6) is 0. The van der Waals surface area contributed by atoms with Crippen LogP contribution >= 0.6 is 0 Å². The van der Waals surface area contributed by atoms with Gasteiger partial charge in [-0.2, -0.15) is 0 Å². The van der Waals surface area contributed by atoms with Gasteiger partial charge in [0.2, 0.25) is 0 Å². The Morgan fingerprint density at radius 2 is 2.00 bits per heavy atom. The lowest BCUT2D eigenvalue weighted by Crippen LogP contribution is -2.36. The predicted molar refractivity (Wildman–Crippen MR) is 55.0 cm³/mol. The molecular formula is C11H20O3. The van der Waals surface area contributed by atoms with Gasteiger partial charge in [-0.25, -0.2) is 0 Å². The lowest BCUT2D eigenvalue weighted by Gasteiger charge is -2.28. The molecule has 0 unspecified atom stereocenters. The highest BCUT2D eigenvalue weighted by Crippen LogP contribution is 2.17. The van der Waals surface area contributed by atoms with E-state index in [9.17, 15) is 5.11 Å². The van der Waals surface area contributed by atoms with Crippen LogP contribution in [0.5, 0.6) is 0 Å². The van der Waals surface area contributed by atoms with Gasteiger partial charge >= 0.3 is 0 Å². The van der Waals surface area contributed by atoms with E-state index in [4.69, 9.17) is 9.47 Å². The SMILES string of the molecule is CCC/C=C(/CC)C1OCC(O)CO1. The normalized spacial score (nSPS) is 29.2. The molecule has 0 aliphatic carbocycles. The zero-order chi connectivity index (χ0) is 10.4. The second-order valence-corrected chi connectivity index (χ2v) is 3.57. The average molecular weight is 200 g/mol. The molecule has 0 amide bonds. The Labute approximate surface area is 85.7 Å². The number of rotatable bonds is 4. The zero-order valence-corrected chi connectivity index (χ0v) is 9.03. The number of aliphatic hydroxyl groups excluding tert-OH is 1. The summed E-state index contributed by atoms with van der Waals surface area (Å²) in [6, 6.07) is 0. The van der Waals surface area contributed by atoms with Crippen LogP contribution in [0.1, 0.15) is 33.1 Å². The first kappa shape index (κ1) is 11.7.